The van der Waals surface area contributed by atoms with Crippen molar-refractivity contribution < 1.29 is 0 Å². The largest absolute Gasteiger partial charge is 0.403 e. The second kappa shape index (κ2) is 6.45. The highest BCUT2D eigenvalue weighted by Gasteiger charge is 2.18. The molecular weight excluding hydrogens is 388 g/mol. The number of aromatic amines is 1. The Kier molecular flexibility index (Phi) is 3.88. The van der Waals surface area contributed by atoms with Gasteiger partial charge in [0.2, 0.25) is 0 Å². The summed E-state index contributed by atoms with van der Waals surface area (Å²) in [7, 11) is 1.85. The Morgan fingerprint density at radius 2 is 2.17 bits per heavy atom. The summed E-state index contributed by atoms with van der Waals surface area (Å²) in [6.07, 6.45) is 5.36. The van der Waals surface area contributed by atoms with E-state index in [2.05, 4.69) is 20.3 Å². The van der Waals surface area contributed by atoms with Gasteiger partial charge in [-0.25, -0.2) is 9.67 Å². The van der Waals surface area contributed by atoms with Crippen molar-refractivity contribution >= 4 is 43.5 Å². The van der Waals surface area contributed by atoms with Crippen LogP contribution >= 0.6 is 11.3 Å². The molecule has 0 aliphatic carbocycles. The predicted molar refractivity (Wildman–Crippen MR) is 114 cm³/mol. The van der Waals surface area contributed by atoms with Gasteiger partial charge in [-0.15, -0.1) is 11.3 Å². The minimum absolute atomic E-state index is 0.154. The van der Waals surface area contributed by atoms with Gasteiger partial charge in [0.15, 0.2) is 5.65 Å². The number of nitrogens with zero attached hydrogens (tertiary/aromatic N) is 5. The lowest BCUT2D eigenvalue weighted by atomic mass is 10.1. The minimum atomic E-state index is -0.154. The predicted octanol–water partition coefficient (Wildman–Crippen LogP) is 1.57. The van der Waals surface area contributed by atoms with Gasteiger partial charge in [-0.05, 0) is 11.6 Å². The highest BCUT2D eigenvalue weighted by atomic mass is 32.1. The Labute approximate surface area is 168 Å². The van der Waals surface area contributed by atoms with E-state index < -0.39 is 0 Å². The normalized spacial score (nSPS) is 12.5. The summed E-state index contributed by atoms with van der Waals surface area (Å²) in [5.74, 6) is 0. The quantitative estimate of drug-likeness (QED) is 0.415. The number of thiazole rings is 1. The first-order valence-corrected chi connectivity index (χ1v) is 9.79. The van der Waals surface area contributed by atoms with Gasteiger partial charge in [0, 0.05) is 36.1 Å². The van der Waals surface area contributed by atoms with Crippen LogP contribution in [0.25, 0.3) is 32.2 Å². The number of hydrogen-bond acceptors (Lipinski definition) is 7. The van der Waals surface area contributed by atoms with Crippen LogP contribution < -0.4 is 17.0 Å². The number of hydrogen-bond donors (Lipinski definition) is 3. The molecule has 0 aliphatic rings. The zero-order chi connectivity index (χ0) is 20.1. The lowest BCUT2D eigenvalue weighted by molar-refractivity contribution is 0.647. The fourth-order valence-electron chi connectivity index (χ4n) is 3.58. The Bertz CT molecular complexity index is 1470. The monoisotopic (exact) mass is 406 g/mol. The molecule has 0 aliphatic heterocycles. The van der Waals surface area contributed by atoms with Crippen LogP contribution in [0.1, 0.15) is 10.6 Å². The van der Waals surface area contributed by atoms with Gasteiger partial charge in [0.05, 0.1) is 29.2 Å². The maximum absolute atomic E-state index is 13.2. The number of aromatic nitrogens is 6. The van der Waals surface area contributed by atoms with Crippen molar-refractivity contribution in [2.24, 2.45) is 18.5 Å². The van der Waals surface area contributed by atoms with Crippen LogP contribution in [0.2, 0.25) is 0 Å². The zero-order valence-corrected chi connectivity index (χ0v) is 16.4. The Hall–Kier alpha value is -3.66. The van der Waals surface area contributed by atoms with Crippen molar-refractivity contribution in [2.45, 2.75) is 13.0 Å². The molecule has 0 radical (unpaired) electrons. The van der Waals surface area contributed by atoms with Crippen LogP contribution in [0.15, 0.2) is 47.3 Å². The van der Waals surface area contributed by atoms with E-state index in [4.69, 9.17) is 11.5 Å². The number of H-pyrrole nitrogens is 1. The molecule has 5 N–H and O–H groups in total. The third-order valence-electron chi connectivity index (χ3n) is 5.03. The molecular formula is C19H18N8OS. The van der Waals surface area contributed by atoms with Crippen molar-refractivity contribution in [2.75, 3.05) is 0 Å². The number of allylic oxidation sites excluding steroid dienone is 1. The first kappa shape index (κ1) is 17.4. The Balaban J connectivity index is 1.62. The average Bonchev–Trinajstić information content (AvgIpc) is 3.41. The van der Waals surface area contributed by atoms with E-state index >= 15 is 0 Å². The molecule has 29 heavy (non-hydrogen) atoms. The second-order valence-corrected chi connectivity index (χ2v) is 7.94. The standard InChI is InChI=1S/C19H18N8OS/c1-26-16-13(17-18(26)24-15(29-17)5-11(21)6-20)8-23-27(19(16)28)9-10-3-2-4-14-12(10)7-22-25-14/h2-4,6-8H,5,9,20-21H2,1H3,(H,22,25)/b11-6-. The van der Waals surface area contributed by atoms with Crippen LogP contribution in [0.3, 0.4) is 0 Å². The molecule has 146 valence electrons. The van der Waals surface area contributed by atoms with Gasteiger partial charge in [-0.1, -0.05) is 12.1 Å². The number of aryl methyl sites for hydroxylation is 1. The number of nitrogens with one attached hydrogen (secondary N) is 1. The number of fused-ring (bicyclic) bond motifs is 4. The molecule has 0 fully saturated rings. The van der Waals surface area contributed by atoms with E-state index in [0.717, 1.165) is 37.2 Å². The molecule has 5 aromatic rings. The van der Waals surface area contributed by atoms with E-state index in [-0.39, 0.29) is 5.56 Å². The van der Waals surface area contributed by atoms with Crippen LogP contribution in [-0.4, -0.2) is 29.5 Å². The van der Waals surface area contributed by atoms with Crippen molar-refractivity contribution in [3.8, 4) is 0 Å². The van der Waals surface area contributed by atoms with Crippen molar-refractivity contribution in [3.05, 3.63) is 63.4 Å². The molecule has 10 heteroatoms. The Morgan fingerprint density at radius 1 is 1.31 bits per heavy atom. The first-order chi connectivity index (χ1) is 14.1. The molecule has 4 heterocycles. The van der Waals surface area contributed by atoms with E-state index in [1.807, 2.05) is 29.8 Å². The summed E-state index contributed by atoms with van der Waals surface area (Å²) in [4.78, 5) is 17.8. The summed E-state index contributed by atoms with van der Waals surface area (Å²) < 4.78 is 4.23. The highest BCUT2D eigenvalue weighted by Crippen LogP contribution is 2.31. The fraction of sp³-hybridized carbons (Fsp3) is 0.158. The van der Waals surface area contributed by atoms with E-state index in [1.54, 1.807) is 12.4 Å². The Morgan fingerprint density at radius 3 is 3.00 bits per heavy atom. The average molecular weight is 406 g/mol. The smallest absolute Gasteiger partial charge is 0.291 e. The maximum atomic E-state index is 13.2. The van der Waals surface area contributed by atoms with Gasteiger partial charge >= 0.3 is 0 Å². The van der Waals surface area contributed by atoms with Gasteiger partial charge < -0.3 is 16.0 Å². The molecule has 4 aromatic heterocycles. The van der Waals surface area contributed by atoms with Gasteiger partial charge in [-0.2, -0.15) is 10.2 Å². The van der Waals surface area contributed by atoms with Crippen LogP contribution in [0.5, 0.6) is 0 Å². The van der Waals surface area contributed by atoms with Gasteiger partial charge in [0.1, 0.15) is 10.5 Å². The van der Waals surface area contributed by atoms with Crippen LogP contribution in [-0.2, 0) is 20.0 Å². The molecule has 1 aromatic carbocycles. The minimum Gasteiger partial charge on any atom is -0.403 e. The van der Waals surface area contributed by atoms with Gasteiger partial charge in [0.25, 0.3) is 5.56 Å². The molecule has 9 nitrogen and oxygen atoms in total. The van der Waals surface area contributed by atoms with Crippen LogP contribution in [0, 0.1) is 0 Å². The fourth-order valence-corrected chi connectivity index (χ4v) is 4.72. The molecule has 0 amide bonds. The number of nitrogens with two attached hydrogens (primary N) is 2. The third kappa shape index (κ3) is 2.68. The first-order valence-electron chi connectivity index (χ1n) is 8.98. The summed E-state index contributed by atoms with van der Waals surface area (Å²) in [6.45, 7) is 0.362. The summed E-state index contributed by atoms with van der Waals surface area (Å²) >= 11 is 1.50. The van der Waals surface area contributed by atoms with E-state index in [1.165, 1.54) is 22.2 Å². The third-order valence-corrected chi connectivity index (χ3v) is 6.11. The summed E-state index contributed by atoms with van der Waals surface area (Å²) in [6, 6.07) is 5.86. The molecule has 0 unspecified atom stereocenters. The maximum Gasteiger partial charge on any atom is 0.291 e. The second-order valence-electron chi connectivity index (χ2n) is 6.86. The van der Waals surface area contributed by atoms with E-state index in [0.29, 0.717) is 24.2 Å². The van der Waals surface area contributed by atoms with Gasteiger partial charge in [-0.3, -0.25) is 9.89 Å². The highest BCUT2D eigenvalue weighted by molar-refractivity contribution is 7.19. The lowest BCUT2D eigenvalue weighted by Gasteiger charge is -2.07. The molecule has 0 atom stereocenters. The summed E-state index contributed by atoms with van der Waals surface area (Å²) in [5.41, 5.74) is 14.9. The molecule has 0 saturated carbocycles. The van der Waals surface area contributed by atoms with Crippen molar-refractivity contribution in [3.63, 3.8) is 0 Å². The molecule has 0 bridgehead atoms. The molecule has 0 saturated heterocycles. The topological polar surface area (TPSA) is 133 Å². The van der Waals surface area contributed by atoms with E-state index in [9.17, 15) is 4.79 Å². The summed E-state index contributed by atoms with van der Waals surface area (Å²) in [5, 5.41) is 14.1. The zero-order valence-electron chi connectivity index (χ0n) is 15.6. The van der Waals surface area contributed by atoms with Crippen molar-refractivity contribution in [1.29, 1.82) is 0 Å². The number of rotatable bonds is 4. The number of benzene rings is 1. The van der Waals surface area contributed by atoms with Crippen molar-refractivity contribution in [1.82, 2.24) is 29.5 Å². The van der Waals surface area contributed by atoms with Crippen LogP contribution in [0.4, 0.5) is 0 Å². The molecule has 5 rings (SSSR count). The SMILES string of the molecule is Cn1c2nc(C/C(N)=C/N)sc2c2cnn(Cc3cccc4[nH]ncc34)c(=O)c21. The lowest BCUT2D eigenvalue weighted by Crippen LogP contribution is -2.24. The molecule has 0 spiro atoms.